The van der Waals surface area contributed by atoms with Gasteiger partial charge in [0.05, 0.1) is 35.2 Å². The number of hydrogen-bond acceptors (Lipinski definition) is 9. The number of rotatable bonds is 6. The highest BCUT2D eigenvalue weighted by atomic mass is 32.2. The molecule has 32 heavy (non-hydrogen) atoms. The van der Waals surface area contributed by atoms with Gasteiger partial charge in [0.15, 0.2) is 6.79 Å². The summed E-state index contributed by atoms with van der Waals surface area (Å²) in [6.45, 7) is 0.913. The summed E-state index contributed by atoms with van der Waals surface area (Å²) in [7, 11) is -3.78. The van der Waals surface area contributed by atoms with Gasteiger partial charge in [0.2, 0.25) is 10.0 Å². The zero-order valence-corrected chi connectivity index (χ0v) is 17.7. The quantitative estimate of drug-likeness (QED) is 0.356. The predicted molar refractivity (Wildman–Crippen MR) is 109 cm³/mol. The van der Waals surface area contributed by atoms with Gasteiger partial charge < -0.3 is 18.9 Å². The van der Waals surface area contributed by atoms with E-state index in [0.29, 0.717) is 30.1 Å². The second-order valence-electron chi connectivity index (χ2n) is 7.08. The largest absolute Gasteiger partial charge is 0.467 e. The monoisotopic (exact) mass is 464 g/mol. The van der Waals surface area contributed by atoms with Crippen molar-refractivity contribution in [1.82, 2.24) is 4.31 Å². The summed E-state index contributed by atoms with van der Waals surface area (Å²) in [6, 6.07) is 8.18. The lowest BCUT2D eigenvalue weighted by Crippen LogP contribution is -2.40. The van der Waals surface area contributed by atoms with Gasteiger partial charge in [0, 0.05) is 36.3 Å². The topological polar surface area (TPSA) is 135 Å². The van der Waals surface area contributed by atoms with Crippen LogP contribution in [0.15, 0.2) is 41.3 Å². The summed E-state index contributed by atoms with van der Waals surface area (Å²) in [6.07, 6.45) is 0. The lowest BCUT2D eigenvalue weighted by Gasteiger charge is -2.26. The van der Waals surface area contributed by atoms with Gasteiger partial charge >= 0.3 is 5.97 Å². The fraction of sp³-hybridized carbons (Fsp3) is 0.350. The van der Waals surface area contributed by atoms with Crippen LogP contribution in [-0.2, 0) is 37.4 Å². The molecule has 0 aromatic heterocycles. The van der Waals surface area contributed by atoms with Crippen molar-refractivity contribution in [3.8, 4) is 5.75 Å². The van der Waals surface area contributed by atoms with Crippen molar-refractivity contribution in [2.75, 3.05) is 33.1 Å². The Kier molecular flexibility index (Phi) is 6.37. The van der Waals surface area contributed by atoms with Crippen LogP contribution >= 0.6 is 0 Å². The Balaban J connectivity index is 1.52. The van der Waals surface area contributed by atoms with E-state index in [4.69, 9.17) is 18.9 Å². The molecule has 0 atom stereocenters. The third-order valence-corrected chi connectivity index (χ3v) is 6.91. The highest BCUT2D eigenvalue weighted by Gasteiger charge is 2.27. The van der Waals surface area contributed by atoms with Crippen molar-refractivity contribution < 1.29 is 37.1 Å². The van der Waals surface area contributed by atoms with Crippen molar-refractivity contribution in [2.24, 2.45) is 0 Å². The number of hydrogen-bond donors (Lipinski definition) is 0. The summed E-state index contributed by atoms with van der Waals surface area (Å²) in [5.74, 6) is -0.394. The first kappa shape index (κ1) is 22.1. The van der Waals surface area contributed by atoms with Crippen molar-refractivity contribution in [2.45, 2.75) is 18.1 Å². The smallest absolute Gasteiger partial charge is 0.338 e. The molecule has 0 unspecified atom stereocenters. The van der Waals surface area contributed by atoms with E-state index in [2.05, 4.69) is 0 Å². The molecule has 0 bridgehead atoms. The maximum absolute atomic E-state index is 12.8. The van der Waals surface area contributed by atoms with E-state index in [1.54, 1.807) is 0 Å². The molecular weight excluding hydrogens is 444 g/mol. The minimum absolute atomic E-state index is 0.0206. The van der Waals surface area contributed by atoms with Gasteiger partial charge in [-0.25, -0.2) is 13.2 Å². The molecule has 0 N–H and O–H groups in total. The summed E-state index contributed by atoms with van der Waals surface area (Å²) < 4.78 is 48.0. The predicted octanol–water partition coefficient (Wildman–Crippen LogP) is 1.84. The summed E-state index contributed by atoms with van der Waals surface area (Å²) in [5, 5.41) is 11.2. The molecule has 0 radical (unpaired) electrons. The molecule has 1 fully saturated rings. The standard InChI is InChI=1S/C20H20N2O9S/c23-20(14-2-1-3-18(10-14)32(26,27)21-4-6-28-7-5-21)30-12-16-9-17(22(24)25)8-15-11-29-13-31-19(15)16/h1-3,8-10H,4-7,11-13H2. The molecule has 0 aliphatic carbocycles. The molecule has 0 saturated carbocycles. The molecule has 2 aromatic carbocycles. The van der Waals surface area contributed by atoms with Crippen LogP contribution in [0.3, 0.4) is 0 Å². The highest BCUT2D eigenvalue weighted by Crippen LogP contribution is 2.33. The number of esters is 1. The fourth-order valence-electron chi connectivity index (χ4n) is 3.44. The Morgan fingerprint density at radius 1 is 1.16 bits per heavy atom. The number of morpholine rings is 1. The van der Waals surface area contributed by atoms with E-state index >= 15 is 0 Å². The molecule has 170 valence electrons. The number of non-ortho nitro benzene ring substituents is 1. The van der Waals surface area contributed by atoms with Crippen LogP contribution in [0.25, 0.3) is 0 Å². The molecule has 0 amide bonds. The minimum Gasteiger partial charge on any atom is -0.467 e. The number of benzene rings is 2. The summed E-state index contributed by atoms with van der Waals surface area (Å²) in [4.78, 5) is 23.2. The number of ether oxygens (including phenoxy) is 4. The van der Waals surface area contributed by atoms with Crippen LogP contribution in [0, 0.1) is 10.1 Å². The van der Waals surface area contributed by atoms with Gasteiger partial charge in [-0.15, -0.1) is 0 Å². The zero-order chi connectivity index (χ0) is 22.7. The van der Waals surface area contributed by atoms with Crippen LogP contribution in [0.2, 0.25) is 0 Å². The molecular formula is C20H20N2O9S. The van der Waals surface area contributed by atoms with E-state index in [1.165, 1.54) is 40.7 Å². The molecule has 2 aromatic rings. The lowest BCUT2D eigenvalue weighted by molar-refractivity contribution is -0.385. The van der Waals surface area contributed by atoms with Crippen LogP contribution < -0.4 is 4.74 Å². The third-order valence-electron chi connectivity index (χ3n) is 5.02. The number of nitro benzene ring substituents is 1. The summed E-state index contributed by atoms with van der Waals surface area (Å²) >= 11 is 0. The maximum Gasteiger partial charge on any atom is 0.338 e. The molecule has 0 spiro atoms. The first-order chi connectivity index (χ1) is 15.4. The average Bonchev–Trinajstić information content (AvgIpc) is 2.82. The number of sulfonamides is 1. The van der Waals surface area contributed by atoms with Gasteiger partial charge in [-0.1, -0.05) is 6.07 Å². The fourth-order valence-corrected chi connectivity index (χ4v) is 4.89. The van der Waals surface area contributed by atoms with E-state index in [9.17, 15) is 23.3 Å². The van der Waals surface area contributed by atoms with Crippen molar-refractivity contribution >= 4 is 21.7 Å². The van der Waals surface area contributed by atoms with Gasteiger partial charge in [-0.3, -0.25) is 10.1 Å². The van der Waals surface area contributed by atoms with Gasteiger partial charge in [-0.05, 0) is 18.2 Å². The van der Waals surface area contributed by atoms with Crippen molar-refractivity contribution in [1.29, 1.82) is 0 Å². The number of carbonyl (C=O) groups excluding carboxylic acids is 1. The van der Waals surface area contributed by atoms with Crippen molar-refractivity contribution in [3.63, 3.8) is 0 Å². The average molecular weight is 464 g/mol. The number of carbonyl (C=O) groups is 1. The Morgan fingerprint density at radius 3 is 2.69 bits per heavy atom. The first-order valence-corrected chi connectivity index (χ1v) is 11.2. The van der Waals surface area contributed by atoms with Crippen LogP contribution in [-0.4, -0.2) is 56.7 Å². The van der Waals surface area contributed by atoms with E-state index < -0.39 is 20.9 Å². The van der Waals surface area contributed by atoms with Crippen LogP contribution in [0.1, 0.15) is 21.5 Å². The van der Waals surface area contributed by atoms with E-state index in [-0.39, 0.29) is 49.2 Å². The Hall–Kier alpha value is -3.06. The molecule has 1 saturated heterocycles. The second kappa shape index (κ2) is 9.20. The van der Waals surface area contributed by atoms with Crippen molar-refractivity contribution in [3.05, 3.63) is 63.2 Å². The molecule has 4 rings (SSSR count). The van der Waals surface area contributed by atoms with E-state index in [1.807, 2.05) is 0 Å². The van der Waals surface area contributed by atoms with E-state index in [0.717, 1.165) is 0 Å². The first-order valence-electron chi connectivity index (χ1n) is 9.72. The Morgan fingerprint density at radius 2 is 1.94 bits per heavy atom. The Bertz CT molecular complexity index is 1140. The molecule has 2 aliphatic rings. The maximum atomic E-state index is 12.8. The third kappa shape index (κ3) is 4.58. The zero-order valence-electron chi connectivity index (χ0n) is 16.9. The highest BCUT2D eigenvalue weighted by molar-refractivity contribution is 7.89. The molecule has 2 aliphatic heterocycles. The number of fused-ring (bicyclic) bond motifs is 1. The summed E-state index contributed by atoms with van der Waals surface area (Å²) in [5.41, 5.74) is 0.670. The Labute approximate surface area is 183 Å². The number of nitro groups is 1. The van der Waals surface area contributed by atoms with Crippen LogP contribution in [0.4, 0.5) is 5.69 Å². The lowest BCUT2D eigenvalue weighted by atomic mass is 10.1. The van der Waals surface area contributed by atoms with Gasteiger partial charge in [0.25, 0.3) is 5.69 Å². The SMILES string of the molecule is O=C(OCc1cc([N+](=O)[O-])cc2c1OCOC2)c1cccc(S(=O)(=O)N2CCOCC2)c1. The molecule has 11 nitrogen and oxygen atoms in total. The minimum atomic E-state index is -3.78. The number of nitrogens with zero attached hydrogens (tertiary/aromatic N) is 2. The molecule has 12 heteroatoms. The molecule has 2 heterocycles. The van der Waals surface area contributed by atoms with Gasteiger partial charge in [-0.2, -0.15) is 4.31 Å². The second-order valence-corrected chi connectivity index (χ2v) is 9.02. The van der Waals surface area contributed by atoms with Gasteiger partial charge in [0.1, 0.15) is 12.4 Å². The normalized spacial score (nSPS) is 16.6. The van der Waals surface area contributed by atoms with Crippen LogP contribution in [0.5, 0.6) is 5.75 Å².